The van der Waals surface area contributed by atoms with Crippen LogP contribution < -0.4 is 5.46 Å². The van der Waals surface area contributed by atoms with E-state index in [9.17, 15) is 13.2 Å². The minimum atomic E-state index is -3.72. The number of rotatable bonds is 5. The summed E-state index contributed by atoms with van der Waals surface area (Å²) in [5.41, 5.74) is -0.206. The normalized spacial score (nSPS) is 19.3. The quantitative estimate of drug-likeness (QED) is 0.586. The molecule has 1 aliphatic heterocycles. The second-order valence-electron chi connectivity index (χ2n) is 6.72. The molecule has 8 heteroatoms. The van der Waals surface area contributed by atoms with E-state index < -0.39 is 39.9 Å². The Bertz CT molecular complexity index is 693. The van der Waals surface area contributed by atoms with Crippen LogP contribution in [0.1, 0.15) is 34.6 Å². The van der Waals surface area contributed by atoms with Gasteiger partial charge in [-0.05, 0) is 52.2 Å². The van der Waals surface area contributed by atoms with Gasteiger partial charge in [-0.3, -0.25) is 4.79 Å². The molecule has 1 heterocycles. The van der Waals surface area contributed by atoms with Gasteiger partial charge >= 0.3 is 13.1 Å². The summed E-state index contributed by atoms with van der Waals surface area (Å²) in [5, 5.41) is 0. The fourth-order valence-electron chi connectivity index (χ4n) is 2.25. The predicted molar refractivity (Wildman–Crippen MR) is 90.8 cm³/mol. The summed E-state index contributed by atoms with van der Waals surface area (Å²) in [5.74, 6) is -1.43. The molecule has 6 nitrogen and oxygen atoms in total. The van der Waals surface area contributed by atoms with Gasteiger partial charge in [0.2, 0.25) is 0 Å². The molecule has 0 spiro atoms. The fraction of sp³-hybridized carbons (Fsp3) is 0.562. The molecule has 0 bridgehead atoms. The van der Waals surface area contributed by atoms with Crippen LogP contribution in [0.4, 0.5) is 0 Å². The van der Waals surface area contributed by atoms with Crippen LogP contribution in [0.3, 0.4) is 0 Å². The minimum absolute atomic E-state index is 0.0656. The molecular weight excluding hydrogens is 331 g/mol. The Balaban J connectivity index is 2.16. The van der Waals surface area contributed by atoms with Crippen molar-refractivity contribution in [3.05, 3.63) is 24.3 Å². The summed E-state index contributed by atoms with van der Waals surface area (Å²) >= 11 is 0. The number of carbonyl (C=O) groups is 1. The molecule has 0 amide bonds. The van der Waals surface area contributed by atoms with Gasteiger partial charge in [-0.15, -0.1) is 0 Å². The van der Waals surface area contributed by atoms with Crippen molar-refractivity contribution in [2.45, 2.75) is 50.7 Å². The molecule has 1 aromatic rings. The van der Waals surface area contributed by atoms with Gasteiger partial charge in [-0.25, -0.2) is 8.42 Å². The molecule has 0 aromatic heterocycles. The van der Waals surface area contributed by atoms with E-state index in [2.05, 4.69) is 0 Å². The molecule has 1 fully saturated rings. The molecule has 0 radical (unpaired) electrons. The smallest absolute Gasteiger partial charge is 0.465 e. The third kappa shape index (κ3) is 3.82. The highest BCUT2D eigenvalue weighted by molar-refractivity contribution is 7.92. The number of benzene rings is 1. The Hall–Kier alpha value is -1.38. The largest absolute Gasteiger partial charge is 0.494 e. The summed E-state index contributed by atoms with van der Waals surface area (Å²) in [6.45, 7) is 9.58. The average molecular weight is 354 g/mol. The number of hydrogen-bond donors (Lipinski definition) is 0. The lowest BCUT2D eigenvalue weighted by molar-refractivity contribution is -0.139. The van der Waals surface area contributed by atoms with Crippen molar-refractivity contribution >= 4 is 28.4 Å². The van der Waals surface area contributed by atoms with E-state index in [-0.39, 0.29) is 11.5 Å². The maximum absolute atomic E-state index is 12.2. The molecule has 0 N–H and O–H groups in total. The van der Waals surface area contributed by atoms with Gasteiger partial charge in [-0.2, -0.15) is 0 Å². The van der Waals surface area contributed by atoms with Crippen LogP contribution in [-0.2, 0) is 28.7 Å². The monoisotopic (exact) mass is 354 g/mol. The molecular formula is C16H23BO6S. The van der Waals surface area contributed by atoms with Gasteiger partial charge < -0.3 is 14.0 Å². The highest BCUT2D eigenvalue weighted by Crippen LogP contribution is 2.36. The maximum Gasteiger partial charge on any atom is 0.494 e. The van der Waals surface area contributed by atoms with E-state index in [4.69, 9.17) is 14.0 Å². The highest BCUT2D eigenvalue weighted by Gasteiger charge is 2.51. The van der Waals surface area contributed by atoms with Crippen LogP contribution in [0, 0.1) is 0 Å². The summed E-state index contributed by atoms with van der Waals surface area (Å²) in [6, 6.07) is 6.18. The Labute approximate surface area is 143 Å². The molecule has 24 heavy (non-hydrogen) atoms. The number of ether oxygens (including phenoxy) is 1. The molecule has 1 saturated heterocycles. The lowest BCUT2D eigenvalue weighted by Gasteiger charge is -2.32. The van der Waals surface area contributed by atoms with E-state index in [1.54, 1.807) is 19.1 Å². The number of esters is 1. The Morgan fingerprint density at radius 2 is 1.58 bits per heavy atom. The van der Waals surface area contributed by atoms with Crippen LogP contribution in [0.5, 0.6) is 0 Å². The Morgan fingerprint density at radius 1 is 1.08 bits per heavy atom. The van der Waals surface area contributed by atoms with Crippen LogP contribution in [0.25, 0.3) is 0 Å². The van der Waals surface area contributed by atoms with Crippen molar-refractivity contribution in [2.75, 3.05) is 12.4 Å². The molecule has 0 atom stereocenters. The molecule has 2 rings (SSSR count). The molecule has 1 aliphatic rings. The number of hydrogen-bond acceptors (Lipinski definition) is 6. The van der Waals surface area contributed by atoms with Crippen LogP contribution in [0.2, 0.25) is 0 Å². The van der Waals surface area contributed by atoms with Crippen LogP contribution in [-0.4, -0.2) is 45.1 Å². The lowest BCUT2D eigenvalue weighted by atomic mass is 9.79. The Morgan fingerprint density at radius 3 is 2.04 bits per heavy atom. The van der Waals surface area contributed by atoms with Gasteiger partial charge in [0.25, 0.3) is 0 Å². The zero-order valence-corrected chi connectivity index (χ0v) is 15.5. The van der Waals surface area contributed by atoms with E-state index >= 15 is 0 Å². The molecule has 0 aliphatic carbocycles. The lowest BCUT2D eigenvalue weighted by Crippen LogP contribution is -2.41. The van der Waals surface area contributed by atoms with Crippen molar-refractivity contribution in [3.63, 3.8) is 0 Å². The first-order valence-electron chi connectivity index (χ1n) is 7.82. The molecule has 132 valence electrons. The first kappa shape index (κ1) is 19.0. The highest BCUT2D eigenvalue weighted by atomic mass is 32.2. The summed E-state index contributed by atoms with van der Waals surface area (Å²) in [7, 11) is -4.28. The zero-order valence-electron chi connectivity index (χ0n) is 14.7. The second-order valence-corrected chi connectivity index (χ2v) is 8.71. The average Bonchev–Trinajstić information content (AvgIpc) is 2.67. The third-order valence-corrected chi connectivity index (χ3v) is 5.98. The zero-order chi connectivity index (χ0) is 18.2. The second kappa shape index (κ2) is 6.50. The Kier molecular flexibility index (Phi) is 5.13. The SMILES string of the molecule is CCOC(=O)CS(=O)(=O)c1ccc(B2OC(C)(C)C(C)(C)O2)cc1. The van der Waals surface area contributed by atoms with E-state index in [0.29, 0.717) is 0 Å². The third-order valence-electron chi connectivity index (χ3n) is 4.38. The topological polar surface area (TPSA) is 78.9 Å². The number of sulfone groups is 1. The van der Waals surface area contributed by atoms with E-state index in [0.717, 1.165) is 5.46 Å². The van der Waals surface area contributed by atoms with Gasteiger partial charge in [0, 0.05) is 0 Å². The number of carbonyl (C=O) groups excluding carboxylic acids is 1. The predicted octanol–water partition coefficient (Wildman–Crippen LogP) is 1.32. The fourth-order valence-corrected chi connectivity index (χ4v) is 3.36. The summed E-state index contributed by atoms with van der Waals surface area (Å²) in [4.78, 5) is 11.5. The summed E-state index contributed by atoms with van der Waals surface area (Å²) in [6.07, 6.45) is 0. The van der Waals surface area contributed by atoms with E-state index in [1.165, 1.54) is 12.1 Å². The van der Waals surface area contributed by atoms with Crippen molar-refractivity contribution in [2.24, 2.45) is 0 Å². The van der Waals surface area contributed by atoms with Crippen molar-refractivity contribution in [1.29, 1.82) is 0 Å². The van der Waals surface area contributed by atoms with Crippen molar-refractivity contribution in [1.82, 2.24) is 0 Å². The van der Waals surface area contributed by atoms with Gasteiger partial charge in [0.05, 0.1) is 22.7 Å². The maximum atomic E-state index is 12.2. The van der Waals surface area contributed by atoms with Gasteiger partial charge in [-0.1, -0.05) is 12.1 Å². The van der Waals surface area contributed by atoms with Crippen LogP contribution >= 0.6 is 0 Å². The van der Waals surface area contributed by atoms with Crippen LogP contribution in [0.15, 0.2) is 29.2 Å². The standard InChI is InChI=1S/C16H23BO6S/c1-6-21-14(18)11-24(19,20)13-9-7-12(8-10-13)17-22-15(2,3)16(4,5)23-17/h7-10H,6,11H2,1-5H3. The van der Waals surface area contributed by atoms with E-state index in [1.807, 2.05) is 27.7 Å². The molecule has 1 aromatic carbocycles. The first-order chi connectivity index (χ1) is 11.0. The summed E-state index contributed by atoms with van der Waals surface area (Å²) < 4.78 is 40.9. The molecule has 0 unspecified atom stereocenters. The van der Waals surface area contributed by atoms with Gasteiger partial charge in [0.15, 0.2) is 15.6 Å². The van der Waals surface area contributed by atoms with Crippen molar-refractivity contribution < 1.29 is 27.3 Å². The first-order valence-corrected chi connectivity index (χ1v) is 9.48. The van der Waals surface area contributed by atoms with Crippen molar-refractivity contribution in [3.8, 4) is 0 Å². The minimum Gasteiger partial charge on any atom is -0.465 e. The van der Waals surface area contributed by atoms with Gasteiger partial charge in [0.1, 0.15) is 0 Å². The molecule has 0 saturated carbocycles.